The summed E-state index contributed by atoms with van der Waals surface area (Å²) in [5.74, 6) is -0.0337. The van der Waals surface area contributed by atoms with E-state index in [1.165, 1.54) is 18.2 Å². The average molecular weight is 377 g/mol. The predicted octanol–water partition coefficient (Wildman–Crippen LogP) is 3.59. The molecule has 0 unspecified atom stereocenters. The van der Waals surface area contributed by atoms with E-state index in [1.807, 2.05) is 0 Å². The number of aromatic amines is 1. The topological polar surface area (TPSA) is 114 Å². The molecule has 3 aromatic rings. The first kappa shape index (κ1) is 15.0. The Kier molecular flexibility index (Phi) is 3.94. The lowest BCUT2D eigenvalue weighted by Gasteiger charge is -1.98. The third-order valence-corrected chi connectivity index (χ3v) is 3.41. The van der Waals surface area contributed by atoms with Gasteiger partial charge in [0.05, 0.1) is 10.6 Å². The fraction of sp³-hybridized carbons (Fsp3) is 0. The van der Waals surface area contributed by atoms with E-state index >= 15 is 0 Å². The van der Waals surface area contributed by atoms with Crippen molar-refractivity contribution < 1.29 is 14.1 Å². The van der Waals surface area contributed by atoms with Gasteiger partial charge in [0.1, 0.15) is 0 Å². The van der Waals surface area contributed by atoms with Crippen LogP contribution in [0, 0.1) is 10.1 Å². The van der Waals surface area contributed by atoms with Crippen LogP contribution in [0.4, 0.5) is 11.5 Å². The van der Waals surface area contributed by atoms with E-state index in [0.717, 1.165) is 0 Å². The van der Waals surface area contributed by atoms with Gasteiger partial charge in [-0.15, -0.1) is 0 Å². The van der Waals surface area contributed by atoms with E-state index in [9.17, 15) is 14.9 Å². The van der Waals surface area contributed by atoms with Gasteiger partial charge in [0.15, 0.2) is 16.2 Å². The zero-order valence-corrected chi connectivity index (χ0v) is 13.0. The molecule has 1 amide bonds. The summed E-state index contributed by atoms with van der Waals surface area (Å²) in [6, 6.07) is 10.8. The molecule has 0 fully saturated rings. The highest BCUT2D eigenvalue weighted by molar-refractivity contribution is 9.10. The second kappa shape index (κ2) is 6.05. The summed E-state index contributed by atoms with van der Waals surface area (Å²) in [5, 5.41) is 20.1. The molecule has 9 heteroatoms. The highest BCUT2D eigenvalue weighted by atomic mass is 79.9. The molecule has 0 atom stereocenters. The molecule has 0 aliphatic carbocycles. The van der Waals surface area contributed by atoms with Crippen molar-refractivity contribution >= 4 is 33.3 Å². The summed E-state index contributed by atoms with van der Waals surface area (Å²) < 4.78 is 5.59. The maximum absolute atomic E-state index is 11.9. The second-order valence-electron chi connectivity index (χ2n) is 4.53. The van der Waals surface area contributed by atoms with Gasteiger partial charge in [-0.25, -0.2) is 0 Å². The van der Waals surface area contributed by atoms with Gasteiger partial charge in [0.2, 0.25) is 0 Å². The molecule has 2 heterocycles. The monoisotopic (exact) mass is 376 g/mol. The first-order chi connectivity index (χ1) is 11.0. The number of benzene rings is 1. The predicted molar refractivity (Wildman–Crippen MR) is 85.0 cm³/mol. The number of anilines is 1. The molecule has 0 radical (unpaired) electrons. The van der Waals surface area contributed by atoms with Gasteiger partial charge < -0.3 is 9.73 Å². The van der Waals surface area contributed by atoms with Gasteiger partial charge in [-0.05, 0) is 28.1 Å². The van der Waals surface area contributed by atoms with Crippen LogP contribution in [0.5, 0.6) is 0 Å². The van der Waals surface area contributed by atoms with Crippen molar-refractivity contribution in [1.29, 1.82) is 0 Å². The summed E-state index contributed by atoms with van der Waals surface area (Å²) in [6.45, 7) is 0. The minimum atomic E-state index is -0.475. The van der Waals surface area contributed by atoms with Crippen LogP contribution in [-0.4, -0.2) is 21.0 Å². The van der Waals surface area contributed by atoms with Crippen molar-refractivity contribution in [3.8, 4) is 11.3 Å². The van der Waals surface area contributed by atoms with E-state index < -0.39 is 10.8 Å². The van der Waals surface area contributed by atoms with Crippen LogP contribution >= 0.6 is 15.9 Å². The minimum absolute atomic E-state index is 0.0249. The number of halogens is 1. The summed E-state index contributed by atoms with van der Waals surface area (Å²) in [7, 11) is 0. The molecule has 2 aromatic heterocycles. The van der Waals surface area contributed by atoms with Gasteiger partial charge in [0.25, 0.3) is 11.6 Å². The standard InChI is InChI=1S/C14H9BrN4O4/c15-12-5-4-11(23-12)14(20)16-13-7-10(17-18-13)8-2-1-3-9(6-8)19(21)22/h1-7H,(H2,16,17,18,20). The van der Waals surface area contributed by atoms with Crippen molar-refractivity contribution in [2.45, 2.75) is 0 Å². The van der Waals surface area contributed by atoms with Gasteiger partial charge >= 0.3 is 0 Å². The first-order valence-electron chi connectivity index (χ1n) is 6.40. The summed E-state index contributed by atoms with van der Waals surface area (Å²) >= 11 is 3.12. The van der Waals surface area contributed by atoms with Gasteiger partial charge in [-0.1, -0.05) is 12.1 Å². The fourth-order valence-electron chi connectivity index (χ4n) is 1.93. The molecule has 116 valence electrons. The van der Waals surface area contributed by atoms with Crippen molar-refractivity contribution in [1.82, 2.24) is 10.2 Å². The molecule has 3 rings (SSSR count). The summed E-state index contributed by atoms with van der Waals surface area (Å²) in [6.07, 6.45) is 0. The Labute approximate surface area is 137 Å². The number of nitro benzene ring substituents is 1. The van der Waals surface area contributed by atoms with Crippen molar-refractivity contribution in [3.05, 3.63) is 63.0 Å². The lowest BCUT2D eigenvalue weighted by atomic mass is 10.1. The molecule has 8 nitrogen and oxygen atoms in total. The number of rotatable bonds is 4. The molecule has 0 aliphatic rings. The Bertz CT molecular complexity index is 886. The maximum atomic E-state index is 11.9. The van der Waals surface area contributed by atoms with E-state index in [4.69, 9.17) is 4.42 Å². The number of H-pyrrole nitrogens is 1. The van der Waals surface area contributed by atoms with Crippen molar-refractivity contribution in [2.75, 3.05) is 5.32 Å². The number of amides is 1. The number of non-ortho nitro benzene ring substituents is 1. The number of furan rings is 1. The number of nitrogens with one attached hydrogen (secondary N) is 2. The Hall–Kier alpha value is -2.94. The van der Waals surface area contributed by atoms with Crippen molar-refractivity contribution in [3.63, 3.8) is 0 Å². The van der Waals surface area contributed by atoms with Gasteiger partial charge in [-0.3, -0.25) is 20.0 Å². The quantitative estimate of drug-likeness (QED) is 0.533. The number of hydrogen-bond donors (Lipinski definition) is 2. The molecule has 0 spiro atoms. The third-order valence-electron chi connectivity index (χ3n) is 2.98. The van der Waals surface area contributed by atoms with Crippen LogP contribution in [0.15, 0.2) is 51.6 Å². The summed E-state index contributed by atoms with van der Waals surface area (Å²) in [5.41, 5.74) is 1.11. The van der Waals surface area contributed by atoms with Crippen LogP contribution in [0.2, 0.25) is 0 Å². The zero-order chi connectivity index (χ0) is 16.4. The van der Waals surface area contributed by atoms with E-state index in [0.29, 0.717) is 15.9 Å². The largest absolute Gasteiger partial charge is 0.444 e. The number of carbonyl (C=O) groups is 1. The molecular formula is C14H9BrN4O4. The molecule has 0 bridgehead atoms. The Morgan fingerprint density at radius 1 is 1.30 bits per heavy atom. The first-order valence-corrected chi connectivity index (χ1v) is 7.19. The van der Waals surface area contributed by atoms with E-state index in [1.54, 1.807) is 24.3 Å². The van der Waals surface area contributed by atoms with Crippen LogP contribution in [-0.2, 0) is 0 Å². The Morgan fingerprint density at radius 2 is 2.13 bits per heavy atom. The molecule has 1 aromatic carbocycles. The lowest BCUT2D eigenvalue weighted by molar-refractivity contribution is -0.384. The Balaban J connectivity index is 1.79. The number of nitrogens with zero attached hydrogens (tertiary/aromatic N) is 2. The highest BCUT2D eigenvalue weighted by Crippen LogP contribution is 2.24. The molecule has 0 saturated carbocycles. The summed E-state index contributed by atoms with van der Waals surface area (Å²) in [4.78, 5) is 22.3. The normalized spacial score (nSPS) is 10.5. The van der Waals surface area contributed by atoms with Crippen LogP contribution in [0.1, 0.15) is 10.6 Å². The SMILES string of the molecule is O=C(Nc1cc(-c2cccc([N+](=O)[O-])c2)[nH]n1)c1ccc(Br)o1. The molecular weight excluding hydrogens is 368 g/mol. The number of nitro groups is 1. The number of carbonyl (C=O) groups excluding carboxylic acids is 1. The highest BCUT2D eigenvalue weighted by Gasteiger charge is 2.14. The van der Waals surface area contributed by atoms with Crippen LogP contribution in [0.3, 0.4) is 0 Å². The fourth-order valence-corrected chi connectivity index (χ4v) is 2.24. The second-order valence-corrected chi connectivity index (χ2v) is 5.31. The molecule has 0 aliphatic heterocycles. The van der Waals surface area contributed by atoms with Crippen molar-refractivity contribution in [2.24, 2.45) is 0 Å². The third kappa shape index (κ3) is 3.29. The lowest BCUT2D eigenvalue weighted by Crippen LogP contribution is -2.10. The zero-order valence-electron chi connectivity index (χ0n) is 11.4. The smallest absolute Gasteiger partial charge is 0.292 e. The minimum Gasteiger partial charge on any atom is -0.444 e. The molecule has 23 heavy (non-hydrogen) atoms. The van der Waals surface area contributed by atoms with Gasteiger partial charge in [0, 0.05) is 23.8 Å². The number of hydrogen-bond acceptors (Lipinski definition) is 5. The average Bonchev–Trinajstić information content (AvgIpc) is 3.16. The van der Waals surface area contributed by atoms with E-state index in [-0.39, 0.29) is 17.3 Å². The van der Waals surface area contributed by atoms with Gasteiger partial charge in [-0.2, -0.15) is 5.10 Å². The Morgan fingerprint density at radius 3 is 2.83 bits per heavy atom. The van der Waals surface area contributed by atoms with Crippen LogP contribution in [0.25, 0.3) is 11.3 Å². The molecule has 0 saturated heterocycles. The van der Waals surface area contributed by atoms with E-state index in [2.05, 4.69) is 31.4 Å². The number of aromatic nitrogens is 2. The molecule has 2 N–H and O–H groups in total. The maximum Gasteiger partial charge on any atom is 0.292 e. The van der Waals surface area contributed by atoms with Crippen LogP contribution < -0.4 is 5.32 Å².